The minimum atomic E-state index is -0.597. The van der Waals surface area contributed by atoms with Crippen LogP contribution in [-0.4, -0.2) is 15.8 Å². The molecule has 0 bridgehead atoms. The summed E-state index contributed by atoms with van der Waals surface area (Å²) in [6, 6.07) is 9.19. The van der Waals surface area contributed by atoms with Crippen molar-refractivity contribution in [2.45, 2.75) is 0 Å². The third-order valence-electron chi connectivity index (χ3n) is 2.31. The summed E-state index contributed by atoms with van der Waals surface area (Å²) in [5.74, 6) is -0.242. The van der Waals surface area contributed by atoms with Gasteiger partial charge >= 0.3 is 0 Å². The molecule has 0 aliphatic heterocycles. The number of carbonyl (C=O) groups excluding carboxylic acids is 1. The highest BCUT2D eigenvalue weighted by molar-refractivity contribution is 9.10. The lowest BCUT2D eigenvalue weighted by molar-refractivity contribution is -0.385. The summed E-state index contributed by atoms with van der Waals surface area (Å²) < 4.78 is 0.587. The van der Waals surface area contributed by atoms with E-state index in [2.05, 4.69) is 26.2 Å². The largest absolute Gasteiger partial charge is 0.306 e. The molecule has 96 valence electrons. The lowest BCUT2D eigenvalue weighted by Gasteiger charge is -2.05. The Bertz CT molecular complexity index is 631. The number of carbonyl (C=O) groups is 1. The van der Waals surface area contributed by atoms with Crippen LogP contribution in [0.5, 0.6) is 0 Å². The highest BCUT2D eigenvalue weighted by Crippen LogP contribution is 2.23. The van der Waals surface area contributed by atoms with E-state index in [9.17, 15) is 14.9 Å². The average Bonchev–Trinajstić information content (AvgIpc) is 2.39. The van der Waals surface area contributed by atoms with Gasteiger partial charge in [0.1, 0.15) is 11.4 Å². The van der Waals surface area contributed by atoms with Gasteiger partial charge in [0.2, 0.25) is 0 Å². The number of aromatic nitrogens is 1. The minimum absolute atomic E-state index is 0.0231. The van der Waals surface area contributed by atoms with E-state index in [1.54, 1.807) is 18.2 Å². The number of hydrogen-bond donors (Lipinski definition) is 1. The zero-order valence-corrected chi connectivity index (χ0v) is 11.1. The van der Waals surface area contributed by atoms with Crippen LogP contribution in [0.4, 0.5) is 11.5 Å². The summed E-state index contributed by atoms with van der Waals surface area (Å²) in [4.78, 5) is 26.2. The second-order valence-corrected chi connectivity index (χ2v) is 4.50. The molecule has 0 aliphatic rings. The first-order chi connectivity index (χ1) is 9.08. The maximum Gasteiger partial charge on any atom is 0.282 e. The van der Waals surface area contributed by atoms with Crippen molar-refractivity contribution < 1.29 is 9.72 Å². The molecule has 0 fully saturated rings. The Morgan fingerprint density at radius 3 is 2.74 bits per heavy atom. The van der Waals surface area contributed by atoms with Crippen LogP contribution in [0, 0.1) is 10.1 Å². The molecule has 0 unspecified atom stereocenters. The maximum atomic E-state index is 12.0. The first-order valence-corrected chi connectivity index (χ1v) is 6.03. The Morgan fingerprint density at radius 1 is 1.32 bits per heavy atom. The highest BCUT2D eigenvalue weighted by atomic mass is 79.9. The van der Waals surface area contributed by atoms with Gasteiger partial charge in [0, 0.05) is 16.7 Å². The van der Waals surface area contributed by atoms with Crippen LogP contribution < -0.4 is 5.32 Å². The van der Waals surface area contributed by atoms with Gasteiger partial charge in [-0.1, -0.05) is 22.0 Å². The highest BCUT2D eigenvalue weighted by Gasteiger charge is 2.20. The summed E-state index contributed by atoms with van der Waals surface area (Å²) in [7, 11) is 0. The van der Waals surface area contributed by atoms with Crippen molar-refractivity contribution in [3.05, 3.63) is 62.7 Å². The van der Waals surface area contributed by atoms with E-state index < -0.39 is 10.8 Å². The molecule has 0 aliphatic carbocycles. The van der Waals surface area contributed by atoms with Gasteiger partial charge in [0.25, 0.3) is 11.6 Å². The smallest absolute Gasteiger partial charge is 0.282 e. The van der Waals surface area contributed by atoms with E-state index >= 15 is 0 Å². The van der Waals surface area contributed by atoms with Gasteiger partial charge in [0.15, 0.2) is 0 Å². The molecule has 19 heavy (non-hydrogen) atoms. The zero-order chi connectivity index (χ0) is 13.8. The molecule has 1 heterocycles. The molecule has 0 spiro atoms. The number of nitrogens with one attached hydrogen (secondary N) is 1. The Morgan fingerprint density at radius 2 is 2.11 bits per heavy atom. The number of halogens is 1. The monoisotopic (exact) mass is 321 g/mol. The van der Waals surface area contributed by atoms with Crippen LogP contribution >= 0.6 is 15.9 Å². The summed E-state index contributed by atoms with van der Waals surface area (Å²) in [6.07, 6.45) is 1.52. The van der Waals surface area contributed by atoms with Gasteiger partial charge in [-0.25, -0.2) is 4.98 Å². The molecule has 1 N–H and O–H groups in total. The van der Waals surface area contributed by atoms with Crippen LogP contribution in [0.3, 0.4) is 0 Å². The topological polar surface area (TPSA) is 85.1 Å². The van der Waals surface area contributed by atoms with Gasteiger partial charge in [-0.3, -0.25) is 14.9 Å². The predicted octanol–water partition coefficient (Wildman–Crippen LogP) is 3.00. The molecular formula is C12H8BrN3O3. The molecule has 2 aromatic rings. The Balaban J connectivity index is 2.33. The van der Waals surface area contributed by atoms with Crippen LogP contribution in [-0.2, 0) is 0 Å². The van der Waals surface area contributed by atoms with E-state index in [-0.39, 0.29) is 11.3 Å². The van der Waals surface area contributed by atoms with Crippen LogP contribution in [0.15, 0.2) is 47.1 Å². The van der Waals surface area contributed by atoms with Gasteiger partial charge in [-0.05, 0) is 24.3 Å². The number of pyridine rings is 1. The van der Waals surface area contributed by atoms with Gasteiger partial charge in [-0.2, -0.15) is 0 Å². The minimum Gasteiger partial charge on any atom is -0.306 e. The SMILES string of the molecule is O=C(Nc1ccccn1)c1cc(Br)ccc1[N+](=O)[O-]. The zero-order valence-electron chi connectivity index (χ0n) is 9.54. The van der Waals surface area contributed by atoms with Crippen LogP contribution in [0.25, 0.3) is 0 Å². The molecule has 0 saturated carbocycles. The molecule has 1 aromatic carbocycles. The summed E-state index contributed by atoms with van der Waals surface area (Å²) in [5, 5.41) is 13.4. The summed E-state index contributed by atoms with van der Waals surface area (Å²) in [6.45, 7) is 0. The van der Waals surface area contributed by atoms with E-state index in [1.807, 2.05) is 0 Å². The fourth-order valence-electron chi connectivity index (χ4n) is 1.47. The van der Waals surface area contributed by atoms with Crippen molar-refractivity contribution in [3.63, 3.8) is 0 Å². The summed E-state index contributed by atoms with van der Waals surface area (Å²) in [5.41, 5.74) is -0.276. The molecule has 0 atom stereocenters. The normalized spacial score (nSPS) is 9.95. The molecule has 1 amide bonds. The molecule has 7 heteroatoms. The second-order valence-electron chi connectivity index (χ2n) is 3.59. The number of anilines is 1. The Hall–Kier alpha value is -2.28. The maximum absolute atomic E-state index is 12.0. The number of nitrogens with zero attached hydrogens (tertiary/aromatic N) is 2. The fourth-order valence-corrected chi connectivity index (χ4v) is 1.83. The fraction of sp³-hybridized carbons (Fsp3) is 0. The first-order valence-electron chi connectivity index (χ1n) is 5.24. The third-order valence-corrected chi connectivity index (χ3v) is 2.80. The Labute approximate surface area is 116 Å². The number of benzene rings is 1. The van der Waals surface area contributed by atoms with E-state index in [4.69, 9.17) is 0 Å². The van der Waals surface area contributed by atoms with Gasteiger partial charge in [-0.15, -0.1) is 0 Å². The molecule has 6 nitrogen and oxygen atoms in total. The van der Waals surface area contributed by atoms with Crippen molar-refractivity contribution in [2.75, 3.05) is 5.32 Å². The molecule has 2 rings (SSSR count). The van der Waals surface area contributed by atoms with E-state index in [0.29, 0.717) is 10.3 Å². The first kappa shape index (κ1) is 13.2. The Kier molecular flexibility index (Phi) is 3.86. The molecule has 0 radical (unpaired) electrons. The third kappa shape index (κ3) is 3.14. The van der Waals surface area contributed by atoms with Crippen LogP contribution in [0.1, 0.15) is 10.4 Å². The standard InChI is InChI=1S/C12H8BrN3O3/c13-8-4-5-10(16(18)19)9(7-8)12(17)15-11-3-1-2-6-14-11/h1-7H,(H,14,15,17). The lowest BCUT2D eigenvalue weighted by atomic mass is 10.1. The quantitative estimate of drug-likeness (QED) is 0.695. The van der Waals surface area contributed by atoms with Crippen molar-refractivity contribution in [1.82, 2.24) is 4.98 Å². The molecule has 1 aromatic heterocycles. The number of nitro benzene ring substituents is 1. The predicted molar refractivity (Wildman–Crippen MR) is 73.0 cm³/mol. The number of hydrogen-bond acceptors (Lipinski definition) is 4. The second kappa shape index (κ2) is 5.57. The molecule has 0 saturated heterocycles. The lowest BCUT2D eigenvalue weighted by Crippen LogP contribution is -2.14. The van der Waals surface area contributed by atoms with Gasteiger partial charge in [0.05, 0.1) is 4.92 Å². The van der Waals surface area contributed by atoms with E-state index in [1.165, 1.54) is 24.4 Å². The van der Waals surface area contributed by atoms with Gasteiger partial charge < -0.3 is 5.32 Å². The number of nitro groups is 1. The van der Waals surface area contributed by atoms with Crippen LogP contribution in [0.2, 0.25) is 0 Å². The van der Waals surface area contributed by atoms with Crippen molar-refractivity contribution in [2.24, 2.45) is 0 Å². The van der Waals surface area contributed by atoms with Crippen molar-refractivity contribution >= 4 is 33.3 Å². The average molecular weight is 322 g/mol. The summed E-state index contributed by atoms with van der Waals surface area (Å²) >= 11 is 3.18. The number of rotatable bonds is 3. The number of amides is 1. The van der Waals surface area contributed by atoms with E-state index in [0.717, 1.165) is 0 Å². The van der Waals surface area contributed by atoms with Crippen molar-refractivity contribution in [3.8, 4) is 0 Å². The van der Waals surface area contributed by atoms with Crippen molar-refractivity contribution in [1.29, 1.82) is 0 Å². The molecular weight excluding hydrogens is 314 g/mol.